The fraction of sp³-hybridized carbons (Fsp3) is 0.455. The van der Waals surface area contributed by atoms with Crippen LogP contribution < -0.4 is 11.1 Å². The van der Waals surface area contributed by atoms with Gasteiger partial charge in [-0.05, 0) is 18.6 Å². The van der Waals surface area contributed by atoms with Crippen molar-refractivity contribution < 1.29 is 9.18 Å². The number of nitrogens with two attached hydrogens (primary N) is 1. The number of hydrogen-bond donors (Lipinski definition) is 2. The lowest BCUT2D eigenvalue weighted by Gasteiger charge is -2.15. The summed E-state index contributed by atoms with van der Waals surface area (Å²) in [5, 5.41) is 3.15. The predicted octanol–water partition coefficient (Wildman–Crippen LogP) is 1.14. The maximum absolute atomic E-state index is 12.7. The zero-order valence-corrected chi connectivity index (χ0v) is 9.24. The number of nitrogens with one attached hydrogen (secondary N) is 1. The van der Waals surface area contributed by atoms with E-state index in [1.165, 1.54) is 12.3 Å². The van der Waals surface area contributed by atoms with Crippen LogP contribution in [0.1, 0.15) is 31.5 Å². The molecule has 0 bridgehead atoms. The van der Waals surface area contributed by atoms with Gasteiger partial charge in [-0.25, -0.2) is 4.39 Å². The van der Waals surface area contributed by atoms with Crippen LogP contribution in [0.4, 0.5) is 4.39 Å². The minimum atomic E-state index is -0.351. The summed E-state index contributed by atoms with van der Waals surface area (Å²) in [6, 6.07) is 3.04. The number of amides is 1. The van der Waals surface area contributed by atoms with Gasteiger partial charge in [0.2, 0.25) is 5.91 Å². The number of rotatable bonds is 6. The molecule has 1 amide bonds. The molecular weight excluding hydrogens is 209 g/mol. The van der Waals surface area contributed by atoms with Crippen molar-refractivity contribution in [3.63, 3.8) is 0 Å². The summed E-state index contributed by atoms with van der Waals surface area (Å²) in [4.78, 5) is 14.6. The second kappa shape index (κ2) is 6.17. The molecule has 4 nitrogen and oxygen atoms in total. The molecule has 1 atom stereocenters. The van der Waals surface area contributed by atoms with E-state index in [9.17, 15) is 9.18 Å². The first-order valence-electron chi connectivity index (χ1n) is 5.26. The molecule has 1 heterocycles. The largest absolute Gasteiger partial charge is 0.370 e. The molecule has 0 saturated carbocycles. The second-order valence-electron chi connectivity index (χ2n) is 3.53. The standard InChI is InChI=1S/C11H16FN3O/c1-2-9(14-6-5-11(13)16)10-4-3-8(12)7-15-10/h3-4,7,9,14H,2,5-6H2,1H3,(H2,13,16). The molecule has 3 N–H and O–H groups in total. The first kappa shape index (κ1) is 12.6. The van der Waals surface area contributed by atoms with Crippen molar-refractivity contribution >= 4 is 5.91 Å². The molecule has 0 aliphatic heterocycles. The Balaban J connectivity index is 2.53. The molecule has 0 saturated heterocycles. The van der Waals surface area contributed by atoms with Gasteiger partial charge in [-0.1, -0.05) is 6.92 Å². The van der Waals surface area contributed by atoms with E-state index in [1.54, 1.807) is 6.07 Å². The van der Waals surface area contributed by atoms with Crippen molar-refractivity contribution in [2.45, 2.75) is 25.8 Å². The van der Waals surface area contributed by atoms with Crippen LogP contribution in [0.3, 0.4) is 0 Å². The van der Waals surface area contributed by atoms with Crippen LogP contribution in [-0.4, -0.2) is 17.4 Å². The third-order valence-corrected chi connectivity index (χ3v) is 2.28. The summed E-state index contributed by atoms with van der Waals surface area (Å²) in [6.45, 7) is 2.50. The molecule has 0 aliphatic carbocycles. The Morgan fingerprint density at radius 1 is 1.62 bits per heavy atom. The van der Waals surface area contributed by atoms with Crippen LogP contribution in [-0.2, 0) is 4.79 Å². The van der Waals surface area contributed by atoms with Gasteiger partial charge in [0.25, 0.3) is 0 Å². The number of carbonyl (C=O) groups excluding carboxylic acids is 1. The first-order valence-corrected chi connectivity index (χ1v) is 5.26. The summed E-state index contributed by atoms with van der Waals surface area (Å²) in [5.41, 5.74) is 5.81. The topological polar surface area (TPSA) is 68.0 Å². The van der Waals surface area contributed by atoms with E-state index in [-0.39, 0.29) is 24.2 Å². The number of primary amides is 1. The highest BCUT2D eigenvalue weighted by Crippen LogP contribution is 2.13. The van der Waals surface area contributed by atoms with Crippen LogP contribution in [0.2, 0.25) is 0 Å². The van der Waals surface area contributed by atoms with Gasteiger partial charge in [0, 0.05) is 19.0 Å². The number of halogens is 1. The van der Waals surface area contributed by atoms with E-state index >= 15 is 0 Å². The van der Waals surface area contributed by atoms with Crippen LogP contribution in [0.5, 0.6) is 0 Å². The van der Waals surface area contributed by atoms with E-state index < -0.39 is 0 Å². The Morgan fingerprint density at radius 3 is 2.88 bits per heavy atom. The number of hydrogen-bond acceptors (Lipinski definition) is 3. The van der Waals surface area contributed by atoms with E-state index in [1.807, 2.05) is 6.92 Å². The Bertz CT molecular complexity index is 340. The van der Waals surface area contributed by atoms with Crippen molar-refractivity contribution in [3.8, 4) is 0 Å². The average Bonchev–Trinajstić information content (AvgIpc) is 2.26. The predicted molar refractivity (Wildman–Crippen MR) is 59.0 cm³/mol. The summed E-state index contributed by atoms with van der Waals surface area (Å²) >= 11 is 0. The molecule has 0 fully saturated rings. The van der Waals surface area contributed by atoms with Gasteiger partial charge < -0.3 is 11.1 Å². The van der Waals surface area contributed by atoms with Gasteiger partial charge in [-0.3, -0.25) is 9.78 Å². The molecule has 5 heteroatoms. The third kappa shape index (κ3) is 3.94. The number of nitrogens with zero attached hydrogens (tertiary/aromatic N) is 1. The van der Waals surface area contributed by atoms with Gasteiger partial charge in [0.15, 0.2) is 0 Å². The number of aromatic nitrogens is 1. The van der Waals surface area contributed by atoms with Gasteiger partial charge in [0.1, 0.15) is 5.82 Å². The SMILES string of the molecule is CCC(NCCC(N)=O)c1ccc(F)cn1. The Labute approximate surface area is 94.1 Å². The molecule has 1 aromatic heterocycles. The van der Waals surface area contributed by atoms with Crippen LogP contribution in [0.15, 0.2) is 18.3 Å². The van der Waals surface area contributed by atoms with Crippen molar-refractivity contribution in [2.24, 2.45) is 5.73 Å². The molecule has 0 radical (unpaired) electrons. The fourth-order valence-electron chi connectivity index (χ4n) is 1.42. The van der Waals surface area contributed by atoms with Crippen molar-refractivity contribution in [2.75, 3.05) is 6.54 Å². The Kier molecular flexibility index (Phi) is 4.85. The lowest BCUT2D eigenvalue weighted by Crippen LogP contribution is -2.26. The highest BCUT2D eigenvalue weighted by molar-refractivity contribution is 5.73. The van der Waals surface area contributed by atoms with Crippen LogP contribution in [0, 0.1) is 5.82 Å². The molecule has 0 aliphatic rings. The van der Waals surface area contributed by atoms with Crippen LogP contribution >= 0.6 is 0 Å². The van der Waals surface area contributed by atoms with Crippen molar-refractivity contribution in [1.29, 1.82) is 0 Å². The summed E-state index contributed by atoms with van der Waals surface area (Å²) < 4.78 is 12.7. The van der Waals surface area contributed by atoms with Crippen molar-refractivity contribution in [1.82, 2.24) is 10.3 Å². The molecule has 0 spiro atoms. The number of pyridine rings is 1. The Hall–Kier alpha value is -1.49. The van der Waals surface area contributed by atoms with E-state index in [2.05, 4.69) is 10.3 Å². The van der Waals surface area contributed by atoms with Crippen molar-refractivity contribution in [3.05, 3.63) is 29.8 Å². The zero-order valence-electron chi connectivity index (χ0n) is 9.24. The first-order chi connectivity index (χ1) is 7.63. The summed E-state index contributed by atoms with van der Waals surface area (Å²) in [5.74, 6) is -0.690. The summed E-state index contributed by atoms with van der Waals surface area (Å²) in [6.07, 6.45) is 2.29. The normalized spacial score (nSPS) is 12.4. The second-order valence-corrected chi connectivity index (χ2v) is 3.53. The molecule has 16 heavy (non-hydrogen) atoms. The van der Waals surface area contributed by atoms with Gasteiger partial charge in [-0.15, -0.1) is 0 Å². The molecule has 1 unspecified atom stereocenters. The molecule has 0 aromatic carbocycles. The lowest BCUT2D eigenvalue weighted by atomic mass is 10.1. The average molecular weight is 225 g/mol. The molecule has 1 rings (SSSR count). The Morgan fingerprint density at radius 2 is 2.38 bits per heavy atom. The highest BCUT2D eigenvalue weighted by atomic mass is 19.1. The van der Waals surface area contributed by atoms with E-state index in [4.69, 9.17) is 5.73 Å². The fourth-order valence-corrected chi connectivity index (χ4v) is 1.42. The maximum atomic E-state index is 12.7. The van der Waals surface area contributed by atoms with Gasteiger partial charge in [-0.2, -0.15) is 0 Å². The monoisotopic (exact) mass is 225 g/mol. The molecule has 88 valence electrons. The minimum Gasteiger partial charge on any atom is -0.370 e. The van der Waals surface area contributed by atoms with Gasteiger partial charge in [0.05, 0.1) is 11.9 Å². The van der Waals surface area contributed by atoms with Crippen LogP contribution in [0.25, 0.3) is 0 Å². The third-order valence-electron chi connectivity index (χ3n) is 2.28. The maximum Gasteiger partial charge on any atom is 0.218 e. The van der Waals surface area contributed by atoms with Gasteiger partial charge >= 0.3 is 0 Å². The molecule has 1 aromatic rings. The number of carbonyl (C=O) groups is 1. The van der Waals surface area contributed by atoms with E-state index in [0.29, 0.717) is 6.54 Å². The summed E-state index contributed by atoms with van der Waals surface area (Å²) in [7, 11) is 0. The highest BCUT2D eigenvalue weighted by Gasteiger charge is 2.10. The molecular formula is C11H16FN3O. The lowest BCUT2D eigenvalue weighted by molar-refractivity contribution is -0.117. The zero-order chi connectivity index (χ0) is 12.0. The van der Waals surface area contributed by atoms with E-state index in [0.717, 1.165) is 12.1 Å². The minimum absolute atomic E-state index is 0.0277. The quantitative estimate of drug-likeness (QED) is 0.762. The smallest absolute Gasteiger partial charge is 0.218 e.